The molecule has 2 nitrogen and oxygen atoms in total. The predicted molar refractivity (Wildman–Crippen MR) is 78.9 cm³/mol. The lowest BCUT2D eigenvalue weighted by molar-refractivity contribution is 0.110. The van der Waals surface area contributed by atoms with Crippen LogP contribution in [0.3, 0.4) is 0 Å². The number of nitrogens with one attached hydrogen (secondary N) is 1. The Morgan fingerprint density at radius 2 is 1.78 bits per heavy atom. The number of ether oxygens (including phenoxy) is 1. The molecular formula is C16H33NO. The number of hydrogen-bond donors (Lipinski definition) is 1. The fraction of sp³-hybridized carbons (Fsp3) is 1.00. The molecule has 0 aliphatic heterocycles. The zero-order valence-electron chi connectivity index (χ0n) is 12.7. The molecule has 1 aliphatic carbocycles. The molecule has 1 unspecified atom stereocenters. The third kappa shape index (κ3) is 6.19. The van der Waals surface area contributed by atoms with E-state index in [0.29, 0.717) is 6.04 Å². The quantitative estimate of drug-likeness (QED) is 0.629. The topological polar surface area (TPSA) is 21.3 Å². The van der Waals surface area contributed by atoms with E-state index < -0.39 is 0 Å². The van der Waals surface area contributed by atoms with Crippen LogP contribution in [-0.2, 0) is 4.74 Å². The van der Waals surface area contributed by atoms with Gasteiger partial charge in [0.2, 0.25) is 0 Å². The van der Waals surface area contributed by atoms with Crippen LogP contribution >= 0.6 is 0 Å². The minimum absolute atomic E-state index is 0.689. The lowest BCUT2D eigenvalue weighted by Crippen LogP contribution is -2.39. The molecule has 1 N–H and O–H groups in total. The van der Waals surface area contributed by atoms with Gasteiger partial charge in [0.05, 0.1) is 0 Å². The van der Waals surface area contributed by atoms with Gasteiger partial charge in [-0.1, -0.05) is 33.6 Å². The Bertz CT molecular complexity index is 188. The van der Waals surface area contributed by atoms with E-state index in [4.69, 9.17) is 4.74 Å². The zero-order chi connectivity index (χ0) is 13.2. The highest BCUT2D eigenvalue weighted by atomic mass is 16.5. The van der Waals surface area contributed by atoms with Crippen LogP contribution < -0.4 is 5.32 Å². The monoisotopic (exact) mass is 255 g/mol. The third-order valence-corrected chi connectivity index (χ3v) is 4.21. The largest absolute Gasteiger partial charge is 0.381 e. The Hall–Kier alpha value is -0.0800. The van der Waals surface area contributed by atoms with Gasteiger partial charge in [0, 0.05) is 19.3 Å². The summed E-state index contributed by atoms with van der Waals surface area (Å²) in [6.07, 6.45) is 9.23. The van der Waals surface area contributed by atoms with Crippen molar-refractivity contribution in [1.29, 1.82) is 0 Å². The Kier molecular flexibility index (Phi) is 8.70. The number of rotatable bonds is 9. The molecular weight excluding hydrogens is 222 g/mol. The Labute approximate surface area is 114 Å². The van der Waals surface area contributed by atoms with Gasteiger partial charge < -0.3 is 10.1 Å². The average molecular weight is 255 g/mol. The van der Waals surface area contributed by atoms with Gasteiger partial charge in [-0.3, -0.25) is 0 Å². The van der Waals surface area contributed by atoms with Crippen molar-refractivity contribution in [2.45, 2.75) is 71.8 Å². The van der Waals surface area contributed by atoms with E-state index in [0.717, 1.165) is 38.0 Å². The lowest BCUT2D eigenvalue weighted by atomic mass is 9.78. The molecule has 2 heteroatoms. The van der Waals surface area contributed by atoms with Crippen LogP contribution in [-0.4, -0.2) is 25.8 Å². The van der Waals surface area contributed by atoms with Crippen LogP contribution in [0, 0.1) is 11.8 Å². The molecule has 0 saturated heterocycles. The van der Waals surface area contributed by atoms with E-state index in [2.05, 4.69) is 26.1 Å². The van der Waals surface area contributed by atoms with Gasteiger partial charge in [-0.05, 0) is 50.5 Å². The van der Waals surface area contributed by atoms with Crippen LogP contribution in [0.25, 0.3) is 0 Å². The summed E-state index contributed by atoms with van der Waals surface area (Å²) < 4.78 is 5.67. The van der Waals surface area contributed by atoms with Crippen molar-refractivity contribution in [3.8, 4) is 0 Å². The van der Waals surface area contributed by atoms with Crippen molar-refractivity contribution in [3.63, 3.8) is 0 Å². The van der Waals surface area contributed by atoms with Gasteiger partial charge in [-0.25, -0.2) is 0 Å². The lowest BCUT2D eigenvalue weighted by Gasteiger charge is -2.33. The summed E-state index contributed by atoms with van der Waals surface area (Å²) in [4.78, 5) is 0. The summed E-state index contributed by atoms with van der Waals surface area (Å²) in [6.45, 7) is 9.83. The molecule has 0 radical (unpaired) electrons. The highest BCUT2D eigenvalue weighted by Gasteiger charge is 2.25. The van der Waals surface area contributed by atoms with Crippen LogP contribution in [0.4, 0.5) is 0 Å². The van der Waals surface area contributed by atoms with E-state index in [1.165, 1.54) is 38.5 Å². The Balaban J connectivity index is 2.29. The molecule has 1 rings (SSSR count). The minimum atomic E-state index is 0.689. The first-order valence-electron chi connectivity index (χ1n) is 8.09. The van der Waals surface area contributed by atoms with Crippen molar-refractivity contribution in [2.24, 2.45) is 11.8 Å². The van der Waals surface area contributed by atoms with E-state index in [-0.39, 0.29) is 0 Å². The third-order valence-electron chi connectivity index (χ3n) is 4.21. The summed E-state index contributed by atoms with van der Waals surface area (Å²) in [5.41, 5.74) is 0. The summed E-state index contributed by atoms with van der Waals surface area (Å²) in [6, 6.07) is 0.689. The smallest absolute Gasteiger partial charge is 0.0480 e. The fourth-order valence-electron chi connectivity index (χ4n) is 2.98. The van der Waals surface area contributed by atoms with Gasteiger partial charge in [-0.15, -0.1) is 0 Å². The van der Waals surface area contributed by atoms with Crippen LogP contribution in [0.2, 0.25) is 0 Å². The Morgan fingerprint density at radius 1 is 1.06 bits per heavy atom. The first-order valence-corrected chi connectivity index (χ1v) is 8.09. The molecule has 1 aliphatic rings. The molecule has 18 heavy (non-hydrogen) atoms. The van der Waals surface area contributed by atoms with E-state index in [9.17, 15) is 0 Å². The molecule has 0 aromatic carbocycles. The number of hydrogen-bond acceptors (Lipinski definition) is 2. The molecule has 1 atom stereocenters. The molecule has 0 spiro atoms. The first kappa shape index (κ1) is 16.0. The van der Waals surface area contributed by atoms with Gasteiger partial charge in [0.25, 0.3) is 0 Å². The van der Waals surface area contributed by atoms with E-state index >= 15 is 0 Å². The highest BCUT2D eigenvalue weighted by Crippen LogP contribution is 2.31. The van der Waals surface area contributed by atoms with Crippen molar-refractivity contribution in [3.05, 3.63) is 0 Å². The average Bonchev–Trinajstić information content (AvgIpc) is 2.39. The second-order valence-electron chi connectivity index (χ2n) is 5.98. The molecule has 108 valence electrons. The van der Waals surface area contributed by atoms with Crippen LogP contribution in [0.1, 0.15) is 65.7 Å². The maximum absolute atomic E-state index is 5.67. The molecule has 0 heterocycles. The van der Waals surface area contributed by atoms with Gasteiger partial charge in [0.15, 0.2) is 0 Å². The molecule has 1 fully saturated rings. The normalized spacial score (nSPS) is 26.2. The fourth-order valence-corrected chi connectivity index (χ4v) is 2.98. The first-order chi connectivity index (χ1) is 8.77. The standard InChI is InChI=1S/C16H33NO/c1-4-11-17-16(10-13-18-12-5-2)15-8-6-14(3)7-9-15/h14-17H,4-13H2,1-3H3. The Morgan fingerprint density at radius 3 is 2.39 bits per heavy atom. The maximum Gasteiger partial charge on any atom is 0.0480 e. The highest BCUT2D eigenvalue weighted by molar-refractivity contribution is 4.81. The predicted octanol–water partition coefficient (Wildman–Crippen LogP) is 4.00. The SMILES string of the molecule is CCCNC(CCOCCC)C1CCC(C)CC1. The second-order valence-corrected chi connectivity index (χ2v) is 5.98. The van der Waals surface area contributed by atoms with Crippen molar-refractivity contribution >= 4 is 0 Å². The van der Waals surface area contributed by atoms with E-state index in [1.807, 2.05) is 0 Å². The maximum atomic E-state index is 5.67. The molecule has 1 saturated carbocycles. The van der Waals surface area contributed by atoms with Crippen molar-refractivity contribution in [2.75, 3.05) is 19.8 Å². The molecule has 0 amide bonds. The second kappa shape index (κ2) is 9.80. The molecule has 0 aromatic rings. The van der Waals surface area contributed by atoms with Gasteiger partial charge >= 0.3 is 0 Å². The van der Waals surface area contributed by atoms with Gasteiger partial charge in [-0.2, -0.15) is 0 Å². The summed E-state index contributed by atoms with van der Waals surface area (Å²) >= 11 is 0. The van der Waals surface area contributed by atoms with Gasteiger partial charge in [0.1, 0.15) is 0 Å². The van der Waals surface area contributed by atoms with Crippen molar-refractivity contribution < 1.29 is 4.74 Å². The molecule has 0 aromatic heterocycles. The van der Waals surface area contributed by atoms with E-state index in [1.54, 1.807) is 0 Å². The minimum Gasteiger partial charge on any atom is -0.381 e. The summed E-state index contributed by atoms with van der Waals surface area (Å²) in [5, 5.41) is 3.75. The van der Waals surface area contributed by atoms with Crippen LogP contribution in [0.15, 0.2) is 0 Å². The van der Waals surface area contributed by atoms with Crippen molar-refractivity contribution in [1.82, 2.24) is 5.32 Å². The summed E-state index contributed by atoms with van der Waals surface area (Å²) in [7, 11) is 0. The summed E-state index contributed by atoms with van der Waals surface area (Å²) in [5.74, 6) is 1.84. The van der Waals surface area contributed by atoms with Crippen LogP contribution in [0.5, 0.6) is 0 Å². The zero-order valence-corrected chi connectivity index (χ0v) is 12.7. The molecule has 0 bridgehead atoms.